The molecular weight excluding hydrogens is 512 g/mol. The number of aryl methyl sites for hydroxylation is 1. The summed E-state index contributed by atoms with van der Waals surface area (Å²) in [6, 6.07) is 3.28. The zero-order chi connectivity index (χ0) is 27.7. The summed E-state index contributed by atoms with van der Waals surface area (Å²) in [5.41, 5.74) is 3.38. The van der Waals surface area contributed by atoms with E-state index >= 15 is 0 Å². The van der Waals surface area contributed by atoms with Crippen molar-refractivity contribution in [3.63, 3.8) is 0 Å². The summed E-state index contributed by atoms with van der Waals surface area (Å²) < 4.78 is 5.76. The van der Waals surface area contributed by atoms with Crippen molar-refractivity contribution in [1.29, 1.82) is 0 Å². The number of pyridine rings is 2. The van der Waals surface area contributed by atoms with Crippen LogP contribution in [0.1, 0.15) is 54.8 Å². The Morgan fingerprint density at radius 2 is 2.00 bits per heavy atom. The van der Waals surface area contributed by atoms with Gasteiger partial charge in [-0.05, 0) is 43.4 Å². The van der Waals surface area contributed by atoms with Gasteiger partial charge in [-0.3, -0.25) is 9.69 Å². The van der Waals surface area contributed by atoms with E-state index in [1.165, 1.54) is 11.3 Å². The molecule has 39 heavy (non-hydrogen) atoms. The first-order valence-electron chi connectivity index (χ1n) is 13.3. The number of carbonyl (C=O) groups is 2. The Morgan fingerprint density at radius 1 is 1.26 bits per heavy atom. The number of ether oxygens (including phenoxy) is 1. The third-order valence-corrected chi connectivity index (χ3v) is 8.11. The van der Waals surface area contributed by atoms with Gasteiger partial charge in [0.25, 0.3) is 5.91 Å². The molecule has 10 heteroatoms. The zero-order valence-electron chi connectivity index (χ0n) is 22.5. The normalized spacial score (nSPS) is 18.6. The van der Waals surface area contributed by atoms with Gasteiger partial charge >= 0.3 is 6.03 Å². The van der Waals surface area contributed by atoms with Gasteiger partial charge in [0.15, 0.2) is 0 Å². The van der Waals surface area contributed by atoms with Crippen molar-refractivity contribution < 1.29 is 14.3 Å². The van der Waals surface area contributed by atoms with Crippen LogP contribution in [0.25, 0.3) is 10.2 Å². The van der Waals surface area contributed by atoms with Crippen LogP contribution in [-0.4, -0.2) is 40.6 Å². The van der Waals surface area contributed by atoms with E-state index in [0.717, 1.165) is 42.3 Å². The van der Waals surface area contributed by atoms with Crippen LogP contribution in [-0.2, 0) is 0 Å². The number of urea groups is 1. The van der Waals surface area contributed by atoms with Crippen LogP contribution < -0.4 is 25.6 Å². The first-order valence-corrected chi connectivity index (χ1v) is 14.1. The lowest BCUT2D eigenvalue weighted by Gasteiger charge is -2.33. The predicted molar refractivity (Wildman–Crippen MR) is 156 cm³/mol. The van der Waals surface area contributed by atoms with Crippen LogP contribution in [0.3, 0.4) is 0 Å². The van der Waals surface area contributed by atoms with E-state index in [2.05, 4.69) is 52.9 Å². The maximum absolute atomic E-state index is 13.6. The highest BCUT2D eigenvalue weighted by molar-refractivity contribution is 7.21. The molecule has 3 amide bonds. The fourth-order valence-electron chi connectivity index (χ4n) is 5.08. The number of amides is 3. The van der Waals surface area contributed by atoms with Gasteiger partial charge < -0.3 is 20.7 Å². The number of hydrogen-bond donors (Lipinski definition) is 3. The maximum Gasteiger partial charge on any atom is 0.331 e. The molecule has 0 bridgehead atoms. The molecule has 2 aliphatic rings. The van der Waals surface area contributed by atoms with Crippen molar-refractivity contribution in [3.8, 4) is 5.88 Å². The van der Waals surface area contributed by atoms with E-state index < -0.39 is 0 Å². The topological polar surface area (TPSA) is 108 Å². The number of nitrogens with one attached hydrogen (secondary N) is 3. The lowest BCUT2D eigenvalue weighted by atomic mass is 9.90. The van der Waals surface area contributed by atoms with Crippen LogP contribution in [0.4, 0.5) is 21.9 Å². The summed E-state index contributed by atoms with van der Waals surface area (Å²) in [6.07, 6.45) is 8.91. The smallest absolute Gasteiger partial charge is 0.331 e. The second kappa shape index (κ2) is 11.1. The first kappa shape index (κ1) is 26.7. The molecule has 4 heterocycles. The Labute approximate surface area is 232 Å². The number of thiophene rings is 1. The average molecular weight is 547 g/mol. The monoisotopic (exact) mass is 546 g/mol. The summed E-state index contributed by atoms with van der Waals surface area (Å²) in [6.45, 7) is 14.4. The third kappa shape index (κ3) is 5.34. The van der Waals surface area contributed by atoms with Gasteiger partial charge in [0.05, 0.1) is 35.3 Å². The van der Waals surface area contributed by atoms with Crippen molar-refractivity contribution in [2.45, 2.75) is 58.5 Å². The molecule has 0 saturated heterocycles. The van der Waals surface area contributed by atoms with Crippen molar-refractivity contribution in [2.24, 2.45) is 5.92 Å². The second-order valence-electron chi connectivity index (χ2n) is 10.4. The molecule has 9 nitrogen and oxygen atoms in total. The van der Waals surface area contributed by atoms with Crippen LogP contribution in [0.2, 0.25) is 0 Å². The Hall–Kier alpha value is -3.92. The molecule has 0 aromatic carbocycles. The number of carbonyl (C=O) groups excluding carboxylic acids is 2. The number of hydrogen-bond acceptors (Lipinski definition) is 7. The Balaban J connectivity index is 1.45. The molecule has 0 radical (unpaired) electrons. The van der Waals surface area contributed by atoms with Crippen molar-refractivity contribution in [3.05, 3.63) is 59.9 Å². The molecule has 1 fully saturated rings. The highest BCUT2D eigenvalue weighted by Gasteiger charge is 2.35. The number of nitrogens with zero attached hydrogens (tertiary/aromatic N) is 3. The molecule has 5 rings (SSSR count). The minimum atomic E-state index is -0.359. The number of anilines is 3. The molecule has 0 unspecified atom stereocenters. The summed E-state index contributed by atoms with van der Waals surface area (Å²) in [4.78, 5) is 38.7. The SMILES string of the molecule is C=CC(=C)N[C@H]1CCCC[C@H]1NC(=O)c1sc2nccc3c2c1NC(=O)N3c1cnc(OCC(C)C)cc1C. The van der Waals surface area contributed by atoms with Crippen LogP contribution in [0.15, 0.2) is 49.5 Å². The number of allylic oxidation sites excluding steroid dienone is 1. The molecule has 1 saturated carbocycles. The molecular formula is C29H34N6O3S. The van der Waals surface area contributed by atoms with Crippen molar-refractivity contribution in [1.82, 2.24) is 20.6 Å². The summed E-state index contributed by atoms with van der Waals surface area (Å²) in [5, 5.41) is 10.3. The third-order valence-electron chi connectivity index (χ3n) is 7.02. The van der Waals surface area contributed by atoms with Crippen molar-refractivity contribution in [2.75, 3.05) is 16.8 Å². The average Bonchev–Trinajstić information content (AvgIpc) is 3.29. The van der Waals surface area contributed by atoms with Gasteiger partial charge in [-0.1, -0.05) is 39.8 Å². The zero-order valence-corrected chi connectivity index (χ0v) is 23.4. The molecule has 1 aliphatic heterocycles. The van der Waals surface area contributed by atoms with Gasteiger partial charge in [-0.15, -0.1) is 11.3 Å². The van der Waals surface area contributed by atoms with E-state index in [4.69, 9.17) is 4.74 Å². The highest BCUT2D eigenvalue weighted by Crippen LogP contribution is 2.46. The van der Waals surface area contributed by atoms with E-state index in [-0.39, 0.29) is 24.0 Å². The fraction of sp³-hybridized carbons (Fsp3) is 0.379. The standard InChI is InChI=1S/C29H34N6O3S/c1-6-18(5)32-19-9-7-8-10-20(19)33-27(36)26-25-24-21(11-12-30-28(24)39-26)35(29(37)34-25)22-14-31-23(13-17(22)4)38-15-16(2)3/h6,11-14,16,19-20,32H,1,5,7-10,15H2,2-4H3,(H,33,36)(H,34,37)/t19-,20+/m0/s1. The number of rotatable bonds is 9. The highest BCUT2D eigenvalue weighted by atomic mass is 32.1. The first-order chi connectivity index (χ1) is 18.8. The summed E-state index contributed by atoms with van der Waals surface area (Å²) >= 11 is 1.28. The minimum absolute atomic E-state index is 0.0614. The quantitative estimate of drug-likeness (QED) is 0.282. The summed E-state index contributed by atoms with van der Waals surface area (Å²) in [7, 11) is 0. The van der Waals surface area contributed by atoms with E-state index in [1.54, 1.807) is 29.4 Å². The van der Waals surface area contributed by atoms with E-state index in [9.17, 15) is 9.59 Å². The Kier molecular flexibility index (Phi) is 7.56. The Bertz CT molecular complexity index is 1450. The van der Waals surface area contributed by atoms with E-state index in [1.807, 2.05) is 13.0 Å². The van der Waals surface area contributed by atoms with Gasteiger partial charge in [0.2, 0.25) is 5.88 Å². The minimum Gasteiger partial charge on any atom is -0.477 e. The number of aromatic nitrogens is 2. The lowest BCUT2D eigenvalue weighted by Crippen LogP contribution is -2.51. The summed E-state index contributed by atoms with van der Waals surface area (Å²) in [5.74, 6) is 0.671. The molecule has 3 aromatic heterocycles. The maximum atomic E-state index is 13.6. The molecule has 0 spiro atoms. The largest absolute Gasteiger partial charge is 0.477 e. The molecule has 3 N–H and O–H groups in total. The predicted octanol–water partition coefficient (Wildman–Crippen LogP) is 6.05. The Morgan fingerprint density at radius 3 is 2.69 bits per heavy atom. The van der Waals surface area contributed by atoms with Gasteiger partial charge in [-0.25, -0.2) is 14.8 Å². The molecule has 2 atom stereocenters. The second-order valence-corrected chi connectivity index (χ2v) is 11.4. The van der Waals surface area contributed by atoms with Gasteiger partial charge in [0.1, 0.15) is 9.71 Å². The van der Waals surface area contributed by atoms with E-state index in [0.29, 0.717) is 45.2 Å². The van der Waals surface area contributed by atoms with Crippen molar-refractivity contribution >= 4 is 50.6 Å². The molecule has 1 aliphatic carbocycles. The fourth-order valence-corrected chi connectivity index (χ4v) is 6.10. The molecule has 204 valence electrons. The van der Waals surface area contributed by atoms with Crippen LogP contribution in [0, 0.1) is 12.8 Å². The molecule has 3 aromatic rings. The lowest BCUT2D eigenvalue weighted by molar-refractivity contribution is 0.0922. The van der Waals surface area contributed by atoms with Gasteiger partial charge in [-0.2, -0.15) is 0 Å². The van der Waals surface area contributed by atoms with Crippen LogP contribution in [0.5, 0.6) is 5.88 Å². The van der Waals surface area contributed by atoms with Crippen LogP contribution >= 0.6 is 11.3 Å². The van der Waals surface area contributed by atoms with Gasteiger partial charge in [0, 0.05) is 30.0 Å².